The van der Waals surface area contributed by atoms with Crippen molar-refractivity contribution < 1.29 is 13.6 Å². The first kappa shape index (κ1) is 18.5. The zero-order valence-corrected chi connectivity index (χ0v) is 16.1. The smallest absolute Gasteiger partial charge is 0.287 e. The Kier molecular flexibility index (Phi) is 5.05. The van der Waals surface area contributed by atoms with Crippen molar-refractivity contribution in [3.05, 3.63) is 83.3 Å². The van der Waals surface area contributed by atoms with E-state index in [-0.39, 0.29) is 23.8 Å². The third-order valence-corrected chi connectivity index (χ3v) is 4.99. The molecule has 0 fully saturated rings. The molecule has 0 unspecified atom stereocenters. The number of fused-ring (bicyclic) bond motifs is 1. The monoisotopic (exact) mass is 381 g/mol. The molecule has 0 saturated carbocycles. The van der Waals surface area contributed by atoms with Crippen LogP contribution >= 0.6 is 0 Å². The van der Waals surface area contributed by atoms with E-state index in [4.69, 9.17) is 4.42 Å². The summed E-state index contributed by atoms with van der Waals surface area (Å²) in [4.78, 5) is 14.4. The number of amides is 1. The van der Waals surface area contributed by atoms with E-state index >= 15 is 0 Å². The Morgan fingerprint density at radius 2 is 1.96 bits per heavy atom. The second-order valence-electron chi connectivity index (χ2n) is 7.45. The third kappa shape index (κ3) is 3.73. The van der Waals surface area contributed by atoms with Crippen LogP contribution in [-0.4, -0.2) is 28.0 Å². The SMILES string of the molecule is CC(C)NC(=O)c1ccc(CN2CCn3cccc3[C@@H]2c2ccc(F)cc2)o1. The van der Waals surface area contributed by atoms with Crippen molar-refractivity contribution in [2.45, 2.75) is 39.0 Å². The van der Waals surface area contributed by atoms with E-state index < -0.39 is 0 Å². The van der Waals surface area contributed by atoms with Gasteiger partial charge in [-0.15, -0.1) is 0 Å². The number of benzene rings is 1. The number of carbonyl (C=O) groups excluding carboxylic acids is 1. The molecule has 0 spiro atoms. The van der Waals surface area contributed by atoms with E-state index in [1.165, 1.54) is 17.8 Å². The highest BCUT2D eigenvalue weighted by Crippen LogP contribution is 2.33. The number of halogens is 1. The normalized spacial score (nSPS) is 16.9. The molecule has 1 atom stereocenters. The van der Waals surface area contributed by atoms with Crippen LogP contribution in [0.25, 0.3) is 0 Å². The predicted molar refractivity (Wildman–Crippen MR) is 104 cm³/mol. The lowest BCUT2D eigenvalue weighted by Crippen LogP contribution is -2.37. The van der Waals surface area contributed by atoms with Crippen molar-refractivity contribution in [1.29, 1.82) is 0 Å². The highest BCUT2D eigenvalue weighted by atomic mass is 19.1. The lowest BCUT2D eigenvalue weighted by molar-refractivity contribution is 0.0908. The Morgan fingerprint density at radius 1 is 1.18 bits per heavy atom. The van der Waals surface area contributed by atoms with Gasteiger partial charge in [-0.1, -0.05) is 12.1 Å². The van der Waals surface area contributed by atoms with E-state index in [9.17, 15) is 9.18 Å². The maximum Gasteiger partial charge on any atom is 0.287 e. The van der Waals surface area contributed by atoms with Crippen molar-refractivity contribution in [1.82, 2.24) is 14.8 Å². The predicted octanol–water partition coefficient (Wildman–Crippen LogP) is 3.96. The van der Waals surface area contributed by atoms with Gasteiger partial charge in [0.15, 0.2) is 5.76 Å². The van der Waals surface area contributed by atoms with Crippen molar-refractivity contribution in [3.63, 3.8) is 0 Å². The van der Waals surface area contributed by atoms with Gasteiger partial charge in [-0.05, 0) is 55.8 Å². The molecule has 5 nitrogen and oxygen atoms in total. The minimum absolute atomic E-state index is 0.00221. The van der Waals surface area contributed by atoms with Crippen LogP contribution in [-0.2, 0) is 13.1 Å². The Morgan fingerprint density at radius 3 is 2.71 bits per heavy atom. The zero-order chi connectivity index (χ0) is 19.7. The minimum Gasteiger partial charge on any atom is -0.455 e. The Labute approximate surface area is 163 Å². The summed E-state index contributed by atoms with van der Waals surface area (Å²) in [6.45, 7) is 6.11. The van der Waals surface area contributed by atoms with Gasteiger partial charge in [0.2, 0.25) is 0 Å². The van der Waals surface area contributed by atoms with Gasteiger partial charge < -0.3 is 14.3 Å². The molecule has 28 heavy (non-hydrogen) atoms. The summed E-state index contributed by atoms with van der Waals surface area (Å²) in [6, 6.07) is 14.4. The fourth-order valence-corrected chi connectivity index (χ4v) is 3.75. The van der Waals surface area contributed by atoms with Gasteiger partial charge in [-0.3, -0.25) is 9.69 Å². The van der Waals surface area contributed by atoms with Gasteiger partial charge in [-0.25, -0.2) is 4.39 Å². The van der Waals surface area contributed by atoms with Crippen molar-refractivity contribution >= 4 is 5.91 Å². The molecule has 0 radical (unpaired) electrons. The fourth-order valence-electron chi connectivity index (χ4n) is 3.75. The molecular weight excluding hydrogens is 357 g/mol. The van der Waals surface area contributed by atoms with E-state index in [0.29, 0.717) is 12.3 Å². The third-order valence-electron chi connectivity index (χ3n) is 4.99. The first-order valence-corrected chi connectivity index (χ1v) is 9.55. The van der Waals surface area contributed by atoms with Crippen LogP contribution in [0.1, 0.15) is 47.5 Å². The number of furan rings is 1. The maximum atomic E-state index is 13.4. The van der Waals surface area contributed by atoms with Crippen LogP contribution in [0.2, 0.25) is 0 Å². The molecule has 0 bridgehead atoms. The highest BCUT2D eigenvalue weighted by Gasteiger charge is 2.29. The molecule has 0 saturated heterocycles. The highest BCUT2D eigenvalue weighted by molar-refractivity contribution is 5.91. The topological polar surface area (TPSA) is 50.4 Å². The van der Waals surface area contributed by atoms with Crippen LogP contribution in [0.3, 0.4) is 0 Å². The number of nitrogens with zero attached hydrogens (tertiary/aromatic N) is 2. The summed E-state index contributed by atoms with van der Waals surface area (Å²) in [7, 11) is 0. The summed E-state index contributed by atoms with van der Waals surface area (Å²) in [5.74, 6) is 0.612. The zero-order valence-electron chi connectivity index (χ0n) is 16.1. The van der Waals surface area contributed by atoms with Crippen LogP contribution in [0.4, 0.5) is 4.39 Å². The minimum atomic E-state index is -0.242. The molecule has 3 aromatic rings. The number of hydrogen-bond donors (Lipinski definition) is 1. The molecule has 3 heterocycles. The van der Waals surface area contributed by atoms with Gasteiger partial charge >= 0.3 is 0 Å². The number of aromatic nitrogens is 1. The largest absolute Gasteiger partial charge is 0.455 e. The lowest BCUT2D eigenvalue weighted by atomic mass is 9.99. The van der Waals surface area contributed by atoms with Crippen LogP contribution in [0, 0.1) is 5.82 Å². The molecule has 6 heteroatoms. The fraction of sp³-hybridized carbons (Fsp3) is 0.318. The molecule has 146 valence electrons. The van der Waals surface area contributed by atoms with Crippen molar-refractivity contribution in [2.24, 2.45) is 0 Å². The molecule has 1 aliphatic rings. The van der Waals surface area contributed by atoms with E-state index in [1.807, 2.05) is 38.1 Å². The van der Waals surface area contributed by atoms with Gasteiger partial charge in [0.25, 0.3) is 5.91 Å². The molecule has 1 aromatic carbocycles. The first-order chi connectivity index (χ1) is 13.5. The summed E-state index contributed by atoms with van der Waals surface area (Å²) in [6.07, 6.45) is 2.07. The lowest BCUT2D eigenvalue weighted by Gasteiger charge is -2.36. The van der Waals surface area contributed by atoms with E-state index in [0.717, 1.165) is 24.4 Å². The van der Waals surface area contributed by atoms with Crippen molar-refractivity contribution in [3.8, 4) is 0 Å². The molecule has 1 amide bonds. The molecule has 2 aromatic heterocycles. The Hall–Kier alpha value is -2.86. The Bertz CT molecular complexity index is 958. The molecular formula is C22H24FN3O2. The number of carbonyl (C=O) groups is 1. The number of rotatable bonds is 5. The standard InChI is InChI=1S/C22H24FN3O2/c1-15(2)24-22(27)20-10-9-18(28-20)14-26-13-12-25-11-3-4-19(25)21(26)16-5-7-17(23)8-6-16/h3-11,15,21H,12-14H2,1-2H3,(H,24,27)/t21-/m0/s1. The van der Waals surface area contributed by atoms with Gasteiger partial charge in [0, 0.05) is 31.0 Å². The average molecular weight is 381 g/mol. The van der Waals surface area contributed by atoms with Gasteiger partial charge in [0.05, 0.1) is 12.6 Å². The number of hydrogen-bond acceptors (Lipinski definition) is 3. The van der Waals surface area contributed by atoms with E-state index in [1.54, 1.807) is 6.07 Å². The molecule has 0 aliphatic carbocycles. The van der Waals surface area contributed by atoms with Crippen LogP contribution < -0.4 is 5.32 Å². The summed E-state index contributed by atoms with van der Waals surface area (Å²) >= 11 is 0. The molecule has 1 N–H and O–H groups in total. The van der Waals surface area contributed by atoms with E-state index in [2.05, 4.69) is 27.0 Å². The summed E-state index contributed by atoms with van der Waals surface area (Å²) in [5, 5.41) is 2.84. The maximum absolute atomic E-state index is 13.4. The quantitative estimate of drug-likeness (QED) is 0.728. The molecule has 4 rings (SSSR count). The molecule has 1 aliphatic heterocycles. The van der Waals surface area contributed by atoms with Crippen LogP contribution in [0.15, 0.2) is 59.1 Å². The second kappa shape index (κ2) is 7.64. The Balaban J connectivity index is 1.59. The first-order valence-electron chi connectivity index (χ1n) is 9.55. The van der Waals surface area contributed by atoms with Crippen molar-refractivity contribution in [2.75, 3.05) is 6.54 Å². The number of nitrogens with one attached hydrogen (secondary N) is 1. The van der Waals surface area contributed by atoms with Gasteiger partial charge in [0.1, 0.15) is 11.6 Å². The second-order valence-corrected chi connectivity index (χ2v) is 7.45. The van der Waals surface area contributed by atoms with Crippen LogP contribution in [0.5, 0.6) is 0 Å². The van der Waals surface area contributed by atoms with Gasteiger partial charge in [-0.2, -0.15) is 0 Å². The summed E-state index contributed by atoms with van der Waals surface area (Å²) in [5.41, 5.74) is 2.20. The average Bonchev–Trinajstić information content (AvgIpc) is 3.31. The summed E-state index contributed by atoms with van der Waals surface area (Å²) < 4.78 is 21.5.